The topological polar surface area (TPSA) is 142 Å². The minimum Gasteiger partial charge on any atom is -1.00 e. The van der Waals surface area contributed by atoms with Gasteiger partial charge in [-0.15, -0.1) is 0 Å². The van der Waals surface area contributed by atoms with Crippen LogP contribution in [0.1, 0.15) is 29.2 Å². The van der Waals surface area contributed by atoms with E-state index in [1.54, 1.807) is 6.07 Å². The van der Waals surface area contributed by atoms with E-state index < -0.39 is 17.2 Å². The lowest BCUT2D eigenvalue weighted by Gasteiger charge is -2.28. The Bertz CT molecular complexity index is 894. The van der Waals surface area contributed by atoms with Gasteiger partial charge in [-0.3, -0.25) is 4.79 Å². The fraction of sp³-hybridized carbons (Fsp3) is 0.412. The van der Waals surface area contributed by atoms with Crippen molar-refractivity contribution >= 4 is 22.6 Å². The number of fused-ring (bicyclic) bond motifs is 1. The third-order valence-electron chi connectivity index (χ3n) is 4.82. The van der Waals surface area contributed by atoms with Crippen LogP contribution in [0, 0.1) is 5.82 Å². The zero-order valence-electron chi connectivity index (χ0n) is 14.5. The summed E-state index contributed by atoms with van der Waals surface area (Å²) in [6, 6.07) is 3.11. The van der Waals surface area contributed by atoms with Gasteiger partial charge in [-0.2, -0.15) is 0 Å². The minimum absolute atomic E-state index is 0. The maximum Gasteiger partial charge on any atom is 0.341 e. The van der Waals surface area contributed by atoms with Crippen LogP contribution in [0.15, 0.2) is 23.1 Å². The number of carbonyl (C=O) groups is 1. The Labute approximate surface area is 160 Å². The summed E-state index contributed by atoms with van der Waals surface area (Å²) in [5, 5.41) is 11.6. The van der Waals surface area contributed by atoms with Crippen LogP contribution in [0.3, 0.4) is 0 Å². The van der Waals surface area contributed by atoms with Crippen LogP contribution < -0.4 is 28.1 Å². The highest BCUT2D eigenvalue weighted by Gasteiger charge is 2.28. The molecule has 0 atom stereocenters. The summed E-state index contributed by atoms with van der Waals surface area (Å²) in [4.78, 5) is 25.8. The smallest absolute Gasteiger partial charge is 0.341 e. The van der Waals surface area contributed by atoms with Crippen LogP contribution in [-0.2, 0) is 0 Å². The van der Waals surface area contributed by atoms with Crippen molar-refractivity contribution in [2.75, 3.05) is 31.1 Å². The summed E-state index contributed by atoms with van der Waals surface area (Å²) in [6.07, 6.45) is 3.31. The average molecular weight is 404 g/mol. The number of aromatic nitrogens is 1. The Balaban J connectivity index is 0.00000121. The molecule has 8 nitrogen and oxygen atoms in total. The van der Waals surface area contributed by atoms with Crippen molar-refractivity contribution in [2.45, 2.75) is 18.9 Å². The minimum atomic E-state index is -1.27. The molecule has 10 heteroatoms. The van der Waals surface area contributed by atoms with E-state index in [1.807, 2.05) is 9.47 Å². The number of pyridine rings is 1. The van der Waals surface area contributed by atoms with Crippen molar-refractivity contribution in [1.82, 2.24) is 4.57 Å². The first-order valence-electron chi connectivity index (χ1n) is 8.24. The second-order valence-electron chi connectivity index (χ2n) is 6.49. The fourth-order valence-electron chi connectivity index (χ4n) is 3.40. The molecule has 2 aliphatic rings. The van der Waals surface area contributed by atoms with Gasteiger partial charge < -0.3 is 43.2 Å². The van der Waals surface area contributed by atoms with Gasteiger partial charge in [0.1, 0.15) is 11.4 Å². The molecule has 0 amide bonds. The van der Waals surface area contributed by atoms with E-state index in [0.29, 0.717) is 11.2 Å². The summed E-state index contributed by atoms with van der Waals surface area (Å²) in [7, 11) is 0. The monoisotopic (exact) mass is 403 g/mol. The first-order valence-corrected chi connectivity index (χ1v) is 8.24. The largest absolute Gasteiger partial charge is 1.00 e. The maximum atomic E-state index is 14.6. The standard InChI is InChI=1S/C17H18FN3O3.ClH.2H2O/c18-13-7-11-14(8-15(13)20-5-3-19-4-6-20)21(10-1-2-10)9-12(16(11)22)17(23)24;;;/h7-10,19H,1-6H2,(H,23,24);1H;2*1H2. The van der Waals surface area contributed by atoms with E-state index in [4.69, 9.17) is 0 Å². The number of hydrogen-bond donors (Lipinski definition) is 2. The lowest BCUT2D eigenvalue weighted by Crippen LogP contribution is -3.00. The van der Waals surface area contributed by atoms with E-state index in [2.05, 4.69) is 5.32 Å². The van der Waals surface area contributed by atoms with Crippen molar-refractivity contribution < 1.29 is 43.0 Å². The van der Waals surface area contributed by atoms with Gasteiger partial charge in [0.25, 0.3) is 0 Å². The second kappa shape index (κ2) is 8.66. The van der Waals surface area contributed by atoms with Crippen molar-refractivity contribution in [3.63, 3.8) is 0 Å². The fourth-order valence-corrected chi connectivity index (χ4v) is 3.40. The van der Waals surface area contributed by atoms with Gasteiger partial charge in [0, 0.05) is 17.6 Å². The highest BCUT2D eigenvalue weighted by atomic mass is 35.5. The Hall–Kier alpha value is -2.20. The zero-order valence-corrected chi connectivity index (χ0v) is 15.3. The number of aromatic carboxylic acids is 1. The summed E-state index contributed by atoms with van der Waals surface area (Å²) >= 11 is 0. The number of nitrogens with zero attached hydrogens (tertiary/aromatic N) is 2. The average Bonchev–Trinajstić information content (AvgIpc) is 3.40. The summed E-state index contributed by atoms with van der Waals surface area (Å²) in [5.74, 6) is -1.74. The molecule has 1 aromatic heterocycles. The van der Waals surface area contributed by atoms with E-state index in [9.17, 15) is 19.1 Å². The summed E-state index contributed by atoms with van der Waals surface area (Å²) < 4.78 is 16.5. The summed E-state index contributed by atoms with van der Waals surface area (Å²) in [6.45, 7) is 3.32. The number of hydrogen-bond acceptors (Lipinski definition) is 3. The van der Waals surface area contributed by atoms with Gasteiger partial charge in [-0.25, -0.2) is 9.18 Å². The molecule has 0 spiro atoms. The van der Waals surface area contributed by atoms with Crippen LogP contribution in [-0.4, -0.2) is 52.8 Å². The first-order chi connectivity index (χ1) is 11.6. The molecule has 0 bridgehead atoms. The first kappa shape index (κ1) is 22.8. The number of quaternary nitrogens is 1. The molecule has 0 radical (unpaired) electrons. The van der Waals surface area contributed by atoms with Crippen molar-refractivity contribution in [1.29, 1.82) is 0 Å². The molecular weight excluding hydrogens is 381 g/mol. The molecular formula is C17H23ClFN3O5. The lowest BCUT2D eigenvalue weighted by atomic mass is 10.1. The van der Waals surface area contributed by atoms with Crippen LogP contribution in [0.5, 0.6) is 0 Å². The van der Waals surface area contributed by atoms with Crippen molar-refractivity contribution in [2.24, 2.45) is 0 Å². The third kappa shape index (κ3) is 4.06. The molecule has 2 heterocycles. The molecule has 1 aliphatic carbocycles. The second-order valence-corrected chi connectivity index (χ2v) is 6.49. The third-order valence-corrected chi connectivity index (χ3v) is 4.82. The Morgan fingerprint density at radius 2 is 1.81 bits per heavy atom. The molecule has 1 aromatic carbocycles. The predicted octanol–water partition coefficient (Wildman–Crippen LogP) is -4.09. The van der Waals surface area contributed by atoms with Gasteiger partial charge >= 0.3 is 5.97 Å². The van der Waals surface area contributed by atoms with Gasteiger partial charge in [0.05, 0.1) is 37.4 Å². The number of benzene rings is 1. The SMILES string of the molecule is O.O.O=C(O)c1cn(C2CC2)c2cc(N3CC[NH2+]CC3)c(F)cc2c1=O.[Cl-]. The molecule has 0 unspecified atom stereocenters. The molecule has 7 N–H and O–H groups in total. The Kier molecular flexibility index (Phi) is 7.32. The van der Waals surface area contributed by atoms with Gasteiger partial charge in [-0.05, 0) is 25.0 Å². The molecule has 27 heavy (non-hydrogen) atoms. The number of halogens is 2. The lowest BCUT2D eigenvalue weighted by molar-refractivity contribution is -0.655. The van der Waals surface area contributed by atoms with E-state index in [-0.39, 0.29) is 40.4 Å². The van der Waals surface area contributed by atoms with Crippen molar-refractivity contribution in [3.8, 4) is 0 Å². The molecule has 1 saturated carbocycles. The van der Waals surface area contributed by atoms with Crippen LogP contribution >= 0.6 is 0 Å². The number of piperazine rings is 1. The van der Waals surface area contributed by atoms with Crippen molar-refractivity contribution in [3.05, 3.63) is 39.9 Å². The van der Waals surface area contributed by atoms with E-state index >= 15 is 0 Å². The quantitative estimate of drug-likeness (QED) is 0.537. The summed E-state index contributed by atoms with van der Waals surface area (Å²) in [5.41, 5.74) is 0.201. The highest BCUT2D eigenvalue weighted by molar-refractivity contribution is 5.93. The van der Waals surface area contributed by atoms with E-state index in [1.165, 1.54) is 12.3 Å². The maximum absolute atomic E-state index is 14.6. The Morgan fingerprint density at radius 3 is 2.37 bits per heavy atom. The normalized spacial score (nSPS) is 16.1. The van der Waals surface area contributed by atoms with Crippen LogP contribution in [0.4, 0.5) is 10.1 Å². The molecule has 2 fully saturated rings. The van der Waals surface area contributed by atoms with Crippen LogP contribution in [0.25, 0.3) is 10.9 Å². The molecule has 1 aliphatic heterocycles. The molecule has 150 valence electrons. The molecule has 4 rings (SSSR count). The Morgan fingerprint density at radius 1 is 1.19 bits per heavy atom. The molecule has 2 aromatic rings. The number of carboxylic acids is 1. The van der Waals surface area contributed by atoms with Gasteiger partial charge in [0.15, 0.2) is 0 Å². The number of rotatable bonds is 3. The molecule has 1 saturated heterocycles. The van der Waals surface area contributed by atoms with Gasteiger partial charge in [-0.1, -0.05) is 0 Å². The van der Waals surface area contributed by atoms with Crippen LogP contribution in [0.2, 0.25) is 0 Å². The zero-order chi connectivity index (χ0) is 16.8. The number of anilines is 1. The van der Waals surface area contributed by atoms with E-state index in [0.717, 1.165) is 39.0 Å². The highest BCUT2D eigenvalue weighted by Crippen LogP contribution is 2.38. The number of nitrogens with two attached hydrogens (primary N) is 1. The predicted molar refractivity (Wildman–Crippen MR) is 94.5 cm³/mol. The number of carboxylic acid groups (broad SMARTS) is 1. The van der Waals surface area contributed by atoms with Gasteiger partial charge in [0.2, 0.25) is 5.43 Å².